The van der Waals surface area contributed by atoms with Crippen LogP contribution in [-0.4, -0.2) is 10.7 Å². The minimum absolute atomic E-state index is 0.00872. The van der Waals surface area contributed by atoms with Gasteiger partial charge in [0.1, 0.15) is 11.2 Å². The normalized spacial score (nSPS) is 18.0. The first kappa shape index (κ1) is 34.1. The Morgan fingerprint density at radius 1 is 0.709 bits per heavy atom. The van der Waals surface area contributed by atoms with E-state index >= 15 is 0 Å². The quantitative estimate of drug-likeness (QED) is 0.146. The Kier molecular flexibility index (Phi) is 9.10. The number of furan rings is 1. The van der Waals surface area contributed by atoms with Crippen molar-refractivity contribution < 1.29 is 4.42 Å². The lowest BCUT2D eigenvalue weighted by molar-refractivity contribution is 0.254. The van der Waals surface area contributed by atoms with Crippen LogP contribution in [-0.2, 0) is 19.3 Å². The van der Waals surface area contributed by atoms with Crippen LogP contribution < -0.4 is 11.1 Å². The van der Waals surface area contributed by atoms with Crippen LogP contribution in [0.15, 0.2) is 138 Å². The van der Waals surface area contributed by atoms with E-state index in [0.717, 1.165) is 53.2 Å². The maximum absolute atomic E-state index is 6.88. The molecule has 0 radical (unpaired) electrons. The van der Waals surface area contributed by atoms with Gasteiger partial charge in [-0.15, -0.1) is 0 Å². The number of nitrogens with zero attached hydrogens (tertiary/aromatic N) is 1. The molecule has 1 saturated carbocycles. The van der Waals surface area contributed by atoms with Gasteiger partial charge in [-0.1, -0.05) is 141 Å². The largest absolute Gasteiger partial charge is 0.455 e. The zero-order chi connectivity index (χ0) is 36.7. The van der Waals surface area contributed by atoms with Crippen molar-refractivity contribution in [2.24, 2.45) is 11.7 Å². The zero-order valence-electron chi connectivity index (χ0n) is 31.5. The Morgan fingerprint density at radius 2 is 1.45 bits per heavy atom. The van der Waals surface area contributed by atoms with Gasteiger partial charge in [0, 0.05) is 45.2 Å². The van der Waals surface area contributed by atoms with Crippen LogP contribution in [0.4, 0.5) is 0 Å². The summed E-state index contributed by atoms with van der Waals surface area (Å²) < 4.78 is 9.07. The molecule has 7 aromatic rings. The molecule has 0 saturated heterocycles. The molecular formula is C51H49N3O. The number of hydrogen-bond acceptors (Lipinski definition) is 3. The van der Waals surface area contributed by atoms with Crippen LogP contribution >= 0.6 is 0 Å². The van der Waals surface area contributed by atoms with Crippen LogP contribution in [0.1, 0.15) is 89.7 Å². The average molecular weight is 720 g/mol. The number of rotatable bonds is 9. The van der Waals surface area contributed by atoms with Crippen molar-refractivity contribution >= 4 is 34.1 Å². The molecule has 55 heavy (non-hydrogen) atoms. The molecule has 1 fully saturated rings. The molecule has 3 unspecified atom stereocenters. The molecular weight excluding hydrogens is 671 g/mol. The van der Waals surface area contributed by atoms with E-state index in [2.05, 4.69) is 149 Å². The minimum atomic E-state index is 0.00872. The van der Waals surface area contributed by atoms with Gasteiger partial charge in [-0.25, -0.2) is 0 Å². The Hall–Kier alpha value is -5.42. The molecule has 3 aliphatic rings. The number of nitrogens with two attached hydrogens (primary N) is 1. The maximum Gasteiger partial charge on any atom is 0.143 e. The standard InChI is InChI=1S/C51H49N3O/c52-51(37-16-5-2-6-17-37)53-45(32-34-14-3-1-4-15-34)36-28-26-35(27-29-36)38-30-31-48-44(33-38)40-19-8-11-24-47(40)54(48)46-23-10-7-18-39(46)42-21-13-22-43-41-20-9-12-25-49(41)55-50(42)43/h1,3-4,7,9-15,18,20-31,37-38,45,51,53H,2,5-6,8,16-17,19,32-33,52H2. The Labute approximate surface area is 324 Å². The predicted molar refractivity (Wildman–Crippen MR) is 228 cm³/mol. The predicted octanol–water partition coefficient (Wildman–Crippen LogP) is 12.1. The van der Waals surface area contributed by atoms with Gasteiger partial charge >= 0.3 is 0 Å². The number of aromatic nitrogens is 1. The van der Waals surface area contributed by atoms with Crippen LogP contribution in [0, 0.1) is 5.92 Å². The van der Waals surface area contributed by atoms with Gasteiger partial charge in [0.05, 0.1) is 11.9 Å². The zero-order valence-corrected chi connectivity index (χ0v) is 31.5. The summed E-state index contributed by atoms with van der Waals surface area (Å²) >= 11 is 0. The smallest absolute Gasteiger partial charge is 0.143 e. The van der Waals surface area contributed by atoms with E-state index in [-0.39, 0.29) is 12.2 Å². The first-order chi connectivity index (χ1) is 27.2. The van der Waals surface area contributed by atoms with Crippen LogP contribution in [0.3, 0.4) is 0 Å². The first-order valence-corrected chi connectivity index (χ1v) is 20.5. The van der Waals surface area contributed by atoms with E-state index in [0.29, 0.717) is 11.8 Å². The molecule has 5 aromatic carbocycles. The summed E-state index contributed by atoms with van der Waals surface area (Å²) in [6.45, 7) is 0. The lowest BCUT2D eigenvalue weighted by atomic mass is 9.84. The summed E-state index contributed by atoms with van der Waals surface area (Å²) in [5.41, 5.74) is 21.8. The van der Waals surface area contributed by atoms with E-state index in [1.165, 1.54) is 82.6 Å². The van der Waals surface area contributed by atoms with Gasteiger partial charge in [-0.2, -0.15) is 0 Å². The van der Waals surface area contributed by atoms with Gasteiger partial charge in [0.2, 0.25) is 0 Å². The molecule has 3 aliphatic carbocycles. The highest BCUT2D eigenvalue weighted by Crippen LogP contribution is 2.43. The van der Waals surface area contributed by atoms with Crippen LogP contribution in [0.5, 0.6) is 0 Å². The Morgan fingerprint density at radius 3 is 2.33 bits per heavy atom. The van der Waals surface area contributed by atoms with Crippen molar-refractivity contribution in [2.75, 3.05) is 0 Å². The second kappa shape index (κ2) is 14.7. The summed E-state index contributed by atoms with van der Waals surface area (Å²) in [7, 11) is 0. The van der Waals surface area contributed by atoms with Gasteiger partial charge in [-0.05, 0) is 96.5 Å². The fraction of sp³-hybridized carbons (Fsp3) is 0.255. The molecule has 3 atom stereocenters. The molecule has 4 nitrogen and oxygen atoms in total. The van der Waals surface area contributed by atoms with Crippen molar-refractivity contribution in [3.8, 4) is 16.8 Å². The van der Waals surface area contributed by atoms with E-state index in [1.807, 2.05) is 6.07 Å². The second-order valence-electron chi connectivity index (χ2n) is 16.0. The molecule has 0 bridgehead atoms. The van der Waals surface area contributed by atoms with E-state index in [1.54, 1.807) is 0 Å². The van der Waals surface area contributed by atoms with Crippen molar-refractivity contribution in [3.63, 3.8) is 0 Å². The third-order valence-corrected chi connectivity index (χ3v) is 12.7. The van der Waals surface area contributed by atoms with Gasteiger partial charge in [0.15, 0.2) is 0 Å². The molecule has 0 spiro atoms. The third kappa shape index (κ3) is 6.38. The van der Waals surface area contributed by atoms with Crippen molar-refractivity contribution in [1.82, 2.24) is 9.88 Å². The summed E-state index contributed by atoms with van der Waals surface area (Å²) in [5, 5.41) is 6.21. The third-order valence-electron chi connectivity index (χ3n) is 12.7. The Bertz CT molecular complexity index is 2530. The van der Waals surface area contributed by atoms with Crippen molar-refractivity contribution in [3.05, 3.63) is 173 Å². The van der Waals surface area contributed by atoms with E-state index in [4.69, 9.17) is 10.2 Å². The molecule has 2 heterocycles. The molecule has 4 heteroatoms. The monoisotopic (exact) mass is 719 g/mol. The van der Waals surface area contributed by atoms with Gasteiger partial charge < -0.3 is 14.7 Å². The summed E-state index contributed by atoms with van der Waals surface area (Å²) in [6.07, 6.45) is 20.0. The van der Waals surface area contributed by atoms with Crippen molar-refractivity contribution in [1.29, 1.82) is 0 Å². The molecule has 3 N–H and O–H groups in total. The number of hydrogen-bond donors (Lipinski definition) is 2. The van der Waals surface area contributed by atoms with Gasteiger partial charge in [-0.3, -0.25) is 5.32 Å². The van der Waals surface area contributed by atoms with E-state index in [9.17, 15) is 0 Å². The summed E-state index contributed by atoms with van der Waals surface area (Å²) in [6, 6.07) is 44.2. The number of allylic oxidation sites excluding steroid dienone is 2. The van der Waals surface area contributed by atoms with Crippen molar-refractivity contribution in [2.45, 2.75) is 75.9 Å². The first-order valence-electron chi connectivity index (χ1n) is 20.5. The molecule has 0 aliphatic heterocycles. The number of benzene rings is 5. The second-order valence-corrected chi connectivity index (χ2v) is 16.0. The van der Waals surface area contributed by atoms with E-state index < -0.39 is 0 Å². The molecule has 2 aromatic heterocycles. The SMILES string of the molecule is NC(NC(Cc1ccccc1)c1ccc(C2C=Cc3c(c4c(n3-c3ccccc3-c3cccc5c3oc3ccccc35)C=CCC4)C2)cc1)C1CCCCC1. The summed E-state index contributed by atoms with van der Waals surface area (Å²) in [4.78, 5) is 0. The number of para-hydroxylation sites is 3. The topological polar surface area (TPSA) is 56.1 Å². The lowest BCUT2D eigenvalue weighted by Crippen LogP contribution is -2.46. The molecule has 0 amide bonds. The highest BCUT2D eigenvalue weighted by molar-refractivity contribution is 6.10. The lowest BCUT2D eigenvalue weighted by Gasteiger charge is -2.32. The van der Waals surface area contributed by atoms with Crippen LogP contribution in [0.25, 0.3) is 50.9 Å². The average Bonchev–Trinajstić information content (AvgIpc) is 3.80. The van der Waals surface area contributed by atoms with Gasteiger partial charge in [0.25, 0.3) is 0 Å². The fourth-order valence-corrected chi connectivity index (χ4v) is 9.79. The molecule has 10 rings (SSSR count). The maximum atomic E-state index is 6.88. The highest BCUT2D eigenvalue weighted by atomic mass is 16.3. The number of fused-ring (bicyclic) bond motifs is 6. The Balaban J connectivity index is 0.979. The minimum Gasteiger partial charge on any atom is -0.455 e. The van der Waals surface area contributed by atoms with Crippen LogP contribution in [0.2, 0.25) is 0 Å². The highest BCUT2D eigenvalue weighted by Gasteiger charge is 2.29. The summed E-state index contributed by atoms with van der Waals surface area (Å²) in [5.74, 6) is 0.865. The fourth-order valence-electron chi connectivity index (χ4n) is 9.79. The number of nitrogens with one attached hydrogen (secondary N) is 1. The molecule has 274 valence electrons.